The van der Waals surface area contributed by atoms with Gasteiger partial charge in [-0.1, -0.05) is 0 Å². The molecule has 2 N–H and O–H groups in total. The van der Waals surface area contributed by atoms with Gasteiger partial charge >= 0.3 is 0 Å². The third kappa shape index (κ3) is 22.4. The van der Waals surface area contributed by atoms with E-state index in [1.54, 1.807) is 23.5 Å². The first-order valence-corrected chi connectivity index (χ1v) is 6.81. The van der Waals surface area contributed by atoms with Crippen molar-refractivity contribution in [3.8, 4) is 0 Å². The second kappa shape index (κ2) is 17.6. The summed E-state index contributed by atoms with van der Waals surface area (Å²) in [5, 5.41) is 16.4. The van der Waals surface area contributed by atoms with Gasteiger partial charge < -0.3 is 10.2 Å². The molecule has 0 aromatic carbocycles. The van der Waals surface area contributed by atoms with E-state index in [0.29, 0.717) is 13.2 Å². The average molecular weight is 212 g/mol. The minimum atomic E-state index is 0.334. The molecule has 0 bridgehead atoms. The number of thioether (sulfide) groups is 2. The SMILES string of the molecule is CSCCCO.CSCCCO. The molecule has 0 aliphatic carbocycles. The molecule has 0 heterocycles. The fourth-order valence-corrected chi connectivity index (χ4v) is 1.25. The van der Waals surface area contributed by atoms with E-state index < -0.39 is 0 Å². The van der Waals surface area contributed by atoms with Gasteiger partial charge in [-0.3, -0.25) is 0 Å². The topological polar surface area (TPSA) is 40.5 Å². The molecule has 0 atom stereocenters. The normalized spacial score (nSPS) is 9.00. The van der Waals surface area contributed by atoms with E-state index in [2.05, 4.69) is 0 Å². The molecular formula is C8H20O2S2. The third-order valence-corrected chi connectivity index (χ3v) is 2.41. The van der Waals surface area contributed by atoms with Crippen LogP contribution in [0.15, 0.2) is 0 Å². The van der Waals surface area contributed by atoms with Crippen LogP contribution in [0.4, 0.5) is 0 Å². The summed E-state index contributed by atoms with van der Waals surface area (Å²) in [6.07, 6.45) is 5.94. The predicted molar refractivity (Wildman–Crippen MR) is 60.2 cm³/mol. The van der Waals surface area contributed by atoms with Crippen molar-refractivity contribution in [2.24, 2.45) is 0 Å². The number of aliphatic hydroxyl groups is 2. The number of rotatable bonds is 6. The molecule has 2 nitrogen and oxygen atoms in total. The van der Waals surface area contributed by atoms with Crippen molar-refractivity contribution in [2.45, 2.75) is 12.8 Å². The summed E-state index contributed by atoms with van der Waals surface area (Å²) >= 11 is 3.53. The molecular weight excluding hydrogens is 192 g/mol. The fourth-order valence-electron chi connectivity index (χ4n) is 0.418. The van der Waals surface area contributed by atoms with Crippen LogP contribution in [0.5, 0.6) is 0 Å². The van der Waals surface area contributed by atoms with Crippen molar-refractivity contribution in [3.05, 3.63) is 0 Å². The Kier molecular flexibility index (Phi) is 22.2. The van der Waals surface area contributed by atoms with Crippen LogP contribution in [0, 0.1) is 0 Å². The first kappa shape index (κ1) is 15.1. The molecule has 0 fully saturated rings. The molecule has 0 aromatic rings. The van der Waals surface area contributed by atoms with Crippen LogP contribution >= 0.6 is 23.5 Å². The minimum Gasteiger partial charge on any atom is -0.396 e. The Balaban J connectivity index is 0. The van der Waals surface area contributed by atoms with Crippen LogP contribution in [0.1, 0.15) is 12.8 Å². The first-order chi connectivity index (χ1) is 5.83. The molecule has 76 valence electrons. The molecule has 12 heavy (non-hydrogen) atoms. The standard InChI is InChI=1S/2C4H10OS/c2*1-6-4-2-3-5/h2*5H,2-4H2,1H3. The van der Waals surface area contributed by atoms with E-state index in [4.69, 9.17) is 10.2 Å². The molecule has 0 unspecified atom stereocenters. The molecule has 0 radical (unpaired) electrons. The van der Waals surface area contributed by atoms with Crippen LogP contribution in [-0.2, 0) is 0 Å². The number of hydrogen-bond acceptors (Lipinski definition) is 4. The minimum absolute atomic E-state index is 0.334. The van der Waals surface area contributed by atoms with Gasteiger partial charge in [0, 0.05) is 13.2 Å². The summed E-state index contributed by atoms with van der Waals surface area (Å²) in [4.78, 5) is 0. The summed E-state index contributed by atoms with van der Waals surface area (Å²) in [5.41, 5.74) is 0. The smallest absolute Gasteiger partial charge is 0.0438 e. The molecule has 0 saturated carbocycles. The summed E-state index contributed by atoms with van der Waals surface area (Å²) in [6, 6.07) is 0. The average Bonchev–Trinajstić information content (AvgIpc) is 2.12. The predicted octanol–water partition coefficient (Wildman–Crippen LogP) is 1.46. The van der Waals surface area contributed by atoms with E-state index in [0.717, 1.165) is 24.3 Å². The van der Waals surface area contributed by atoms with Crippen molar-refractivity contribution in [3.63, 3.8) is 0 Å². The molecule has 0 spiro atoms. The van der Waals surface area contributed by atoms with Gasteiger partial charge in [0.2, 0.25) is 0 Å². The van der Waals surface area contributed by atoms with Crippen LogP contribution in [0.3, 0.4) is 0 Å². The van der Waals surface area contributed by atoms with Crippen molar-refractivity contribution >= 4 is 23.5 Å². The Labute approximate surface area is 84.1 Å². The zero-order chi connectivity index (χ0) is 9.66. The lowest BCUT2D eigenvalue weighted by atomic mass is 10.5. The zero-order valence-corrected chi connectivity index (χ0v) is 9.59. The quantitative estimate of drug-likeness (QED) is 0.654. The van der Waals surface area contributed by atoms with E-state index in [-0.39, 0.29) is 0 Å². The van der Waals surface area contributed by atoms with Gasteiger partial charge in [0.25, 0.3) is 0 Å². The molecule has 4 heteroatoms. The maximum absolute atomic E-state index is 8.18. The van der Waals surface area contributed by atoms with E-state index in [1.165, 1.54) is 0 Å². The van der Waals surface area contributed by atoms with E-state index in [1.807, 2.05) is 12.5 Å². The third-order valence-electron chi connectivity index (χ3n) is 1.01. The van der Waals surface area contributed by atoms with Gasteiger partial charge in [-0.05, 0) is 36.9 Å². The van der Waals surface area contributed by atoms with Crippen molar-refractivity contribution in [1.29, 1.82) is 0 Å². The highest BCUT2D eigenvalue weighted by atomic mass is 32.2. The fraction of sp³-hybridized carbons (Fsp3) is 1.00. The van der Waals surface area contributed by atoms with Crippen molar-refractivity contribution in [2.75, 3.05) is 37.2 Å². The van der Waals surface area contributed by atoms with E-state index >= 15 is 0 Å². The number of hydrogen-bond donors (Lipinski definition) is 2. The summed E-state index contributed by atoms with van der Waals surface area (Å²) in [5.74, 6) is 2.16. The van der Waals surface area contributed by atoms with Crippen LogP contribution in [0.25, 0.3) is 0 Å². The summed E-state index contributed by atoms with van der Waals surface area (Å²) in [7, 11) is 0. The Morgan fingerprint density at radius 2 is 1.17 bits per heavy atom. The van der Waals surface area contributed by atoms with Crippen molar-refractivity contribution < 1.29 is 10.2 Å². The van der Waals surface area contributed by atoms with Gasteiger partial charge in [-0.2, -0.15) is 23.5 Å². The highest BCUT2D eigenvalue weighted by Crippen LogP contribution is 1.92. The zero-order valence-electron chi connectivity index (χ0n) is 7.95. The molecule has 0 aliphatic heterocycles. The summed E-state index contributed by atoms with van der Waals surface area (Å²) < 4.78 is 0. The molecule has 0 aliphatic rings. The number of aliphatic hydroxyl groups excluding tert-OH is 2. The molecule has 0 aromatic heterocycles. The lowest BCUT2D eigenvalue weighted by Crippen LogP contribution is -1.82. The van der Waals surface area contributed by atoms with Crippen molar-refractivity contribution in [1.82, 2.24) is 0 Å². The maximum Gasteiger partial charge on any atom is 0.0438 e. The molecule has 0 amide bonds. The highest BCUT2D eigenvalue weighted by molar-refractivity contribution is 7.98. The molecule has 0 saturated heterocycles. The van der Waals surface area contributed by atoms with Gasteiger partial charge in [0.15, 0.2) is 0 Å². The monoisotopic (exact) mass is 212 g/mol. The second-order valence-electron chi connectivity index (χ2n) is 2.14. The van der Waals surface area contributed by atoms with Gasteiger partial charge in [-0.15, -0.1) is 0 Å². The Bertz CT molecular complexity index is 47.0. The van der Waals surface area contributed by atoms with Gasteiger partial charge in [0.1, 0.15) is 0 Å². The Hall–Kier alpha value is 0.620. The first-order valence-electron chi connectivity index (χ1n) is 4.03. The maximum atomic E-state index is 8.18. The van der Waals surface area contributed by atoms with Crippen LogP contribution in [-0.4, -0.2) is 47.4 Å². The Morgan fingerprint density at radius 1 is 0.833 bits per heavy atom. The van der Waals surface area contributed by atoms with Gasteiger partial charge in [-0.25, -0.2) is 0 Å². The van der Waals surface area contributed by atoms with E-state index in [9.17, 15) is 0 Å². The Morgan fingerprint density at radius 3 is 1.25 bits per heavy atom. The lowest BCUT2D eigenvalue weighted by molar-refractivity contribution is 0.296. The highest BCUT2D eigenvalue weighted by Gasteiger charge is 1.76. The van der Waals surface area contributed by atoms with Crippen LogP contribution in [0.2, 0.25) is 0 Å². The lowest BCUT2D eigenvalue weighted by Gasteiger charge is -1.86. The van der Waals surface area contributed by atoms with Gasteiger partial charge in [0.05, 0.1) is 0 Å². The van der Waals surface area contributed by atoms with Crippen LogP contribution < -0.4 is 0 Å². The molecule has 0 rings (SSSR count). The second-order valence-corrected chi connectivity index (χ2v) is 4.11. The summed E-state index contributed by atoms with van der Waals surface area (Å²) in [6.45, 7) is 0.668. The largest absolute Gasteiger partial charge is 0.396 e.